The van der Waals surface area contributed by atoms with E-state index in [0.717, 1.165) is 46.5 Å². The third-order valence-electron chi connectivity index (χ3n) is 6.12. The minimum atomic E-state index is -0.0160. The molecule has 1 saturated heterocycles. The molecule has 5 rings (SSSR count). The second kappa shape index (κ2) is 8.24. The summed E-state index contributed by atoms with van der Waals surface area (Å²) in [5.41, 5.74) is 5.10. The quantitative estimate of drug-likeness (QED) is 0.465. The van der Waals surface area contributed by atoms with E-state index >= 15 is 0 Å². The number of pyridine rings is 2. The molecule has 2 atom stereocenters. The van der Waals surface area contributed by atoms with Crippen LogP contribution in [-0.4, -0.2) is 34.8 Å². The van der Waals surface area contributed by atoms with Gasteiger partial charge < -0.3 is 9.64 Å². The van der Waals surface area contributed by atoms with Gasteiger partial charge in [0, 0.05) is 54.0 Å². The van der Waals surface area contributed by atoms with Crippen molar-refractivity contribution in [3.63, 3.8) is 0 Å². The highest BCUT2D eigenvalue weighted by Crippen LogP contribution is 2.30. The van der Waals surface area contributed by atoms with Gasteiger partial charge in [0.25, 0.3) is 5.56 Å². The summed E-state index contributed by atoms with van der Waals surface area (Å²) >= 11 is 0. The van der Waals surface area contributed by atoms with E-state index < -0.39 is 0 Å². The van der Waals surface area contributed by atoms with Crippen molar-refractivity contribution in [3.8, 4) is 16.8 Å². The highest BCUT2D eigenvalue weighted by atomic mass is 16.5. The first-order chi connectivity index (χ1) is 15.5. The number of nitrogens with zero attached hydrogens (tertiary/aromatic N) is 3. The van der Waals surface area contributed by atoms with Crippen molar-refractivity contribution in [2.45, 2.75) is 33.0 Å². The fourth-order valence-electron chi connectivity index (χ4n) is 4.77. The lowest BCUT2D eigenvalue weighted by Gasteiger charge is -2.36. The van der Waals surface area contributed by atoms with Gasteiger partial charge in [-0.2, -0.15) is 0 Å². The molecule has 0 unspecified atom stereocenters. The SMILES string of the molecule is Cc1cn(-c2ccc(N3C[C@@H](C)O[C@@H](C)C3)cc2)c(=O)c2cccc(-c3cccnc3)c12. The highest BCUT2D eigenvalue weighted by molar-refractivity contribution is 5.98. The third kappa shape index (κ3) is 3.69. The molecule has 5 heteroatoms. The Bertz CT molecular complexity index is 1300. The number of aromatic nitrogens is 2. The van der Waals surface area contributed by atoms with Crippen molar-refractivity contribution in [3.05, 3.63) is 89.1 Å². The number of rotatable bonds is 3. The zero-order valence-corrected chi connectivity index (χ0v) is 18.7. The Balaban J connectivity index is 1.56. The molecule has 4 aromatic rings. The fourth-order valence-corrected chi connectivity index (χ4v) is 4.77. The zero-order chi connectivity index (χ0) is 22.2. The predicted octanol–water partition coefficient (Wildman–Crippen LogP) is 4.97. The van der Waals surface area contributed by atoms with Crippen LogP contribution in [0.5, 0.6) is 0 Å². The summed E-state index contributed by atoms with van der Waals surface area (Å²) in [6.45, 7) is 8.01. The first-order valence-corrected chi connectivity index (χ1v) is 11.1. The van der Waals surface area contributed by atoms with E-state index in [9.17, 15) is 4.79 Å². The second-order valence-corrected chi connectivity index (χ2v) is 8.64. The molecule has 162 valence electrons. The number of hydrogen-bond acceptors (Lipinski definition) is 4. The van der Waals surface area contributed by atoms with E-state index in [2.05, 4.69) is 48.9 Å². The third-order valence-corrected chi connectivity index (χ3v) is 6.12. The lowest BCUT2D eigenvalue weighted by atomic mass is 9.97. The van der Waals surface area contributed by atoms with Crippen LogP contribution in [0.25, 0.3) is 27.6 Å². The summed E-state index contributed by atoms with van der Waals surface area (Å²) in [4.78, 5) is 20.0. The summed E-state index contributed by atoms with van der Waals surface area (Å²) in [7, 11) is 0. The molecule has 0 radical (unpaired) electrons. The van der Waals surface area contributed by atoms with Gasteiger partial charge in [-0.1, -0.05) is 18.2 Å². The van der Waals surface area contributed by atoms with Crippen molar-refractivity contribution in [1.82, 2.24) is 9.55 Å². The Hall–Kier alpha value is -3.44. The van der Waals surface area contributed by atoms with Gasteiger partial charge in [-0.25, -0.2) is 0 Å². The number of morpholine rings is 1. The molecule has 0 N–H and O–H groups in total. The Morgan fingerprint density at radius 3 is 2.34 bits per heavy atom. The van der Waals surface area contributed by atoms with Crippen LogP contribution in [0.3, 0.4) is 0 Å². The molecular weight excluding hydrogens is 398 g/mol. The smallest absolute Gasteiger partial charge is 0.262 e. The number of hydrogen-bond donors (Lipinski definition) is 0. The van der Waals surface area contributed by atoms with Crippen LogP contribution < -0.4 is 10.5 Å². The first-order valence-electron chi connectivity index (χ1n) is 11.1. The molecular formula is C27H27N3O2. The summed E-state index contributed by atoms with van der Waals surface area (Å²) in [6.07, 6.45) is 5.96. The Morgan fingerprint density at radius 2 is 1.66 bits per heavy atom. The molecule has 0 saturated carbocycles. The van der Waals surface area contributed by atoms with E-state index in [4.69, 9.17) is 4.74 Å². The Morgan fingerprint density at radius 1 is 0.938 bits per heavy atom. The van der Waals surface area contributed by atoms with Gasteiger partial charge in [0.1, 0.15) is 0 Å². The summed E-state index contributed by atoms with van der Waals surface area (Å²) < 4.78 is 7.60. The zero-order valence-electron chi connectivity index (χ0n) is 18.7. The fraction of sp³-hybridized carbons (Fsp3) is 0.259. The van der Waals surface area contributed by atoms with E-state index in [0.29, 0.717) is 5.39 Å². The minimum absolute atomic E-state index is 0.0160. The normalized spacial score (nSPS) is 18.8. The summed E-state index contributed by atoms with van der Waals surface area (Å²) in [5.74, 6) is 0. The molecule has 0 spiro atoms. The summed E-state index contributed by atoms with van der Waals surface area (Å²) in [6, 6.07) is 18.1. The number of ether oxygens (including phenoxy) is 1. The molecule has 32 heavy (non-hydrogen) atoms. The average molecular weight is 426 g/mol. The average Bonchev–Trinajstić information content (AvgIpc) is 2.81. The van der Waals surface area contributed by atoms with Gasteiger partial charge in [0.2, 0.25) is 0 Å². The second-order valence-electron chi connectivity index (χ2n) is 8.64. The van der Waals surface area contributed by atoms with Gasteiger partial charge in [0.05, 0.1) is 12.2 Å². The molecule has 1 aliphatic rings. The van der Waals surface area contributed by atoms with Crippen LogP contribution in [0.2, 0.25) is 0 Å². The topological polar surface area (TPSA) is 47.4 Å². The highest BCUT2D eigenvalue weighted by Gasteiger charge is 2.22. The maximum Gasteiger partial charge on any atom is 0.262 e. The first kappa shape index (κ1) is 20.5. The van der Waals surface area contributed by atoms with Crippen LogP contribution in [0.15, 0.2) is 78.0 Å². The molecule has 2 aromatic heterocycles. The van der Waals surface area contributed by atoms with Gasteiger partial charge in [-0.3, -0.25) is 14.3 Å². The molecule has 1 aliphatic heterocycles. The van der Waals surface area contributed by atoms with Crippen molar-refractivity contribution in [1.29, 1.82) is 0 Å². The lowest BCUT2D eigenvalue weighted by molar-refractivity contribution is -0.00521. The molecule has 0 bridgehead atoms. The number of aryl methyl sites for hydroxylation is 1. The van der Waals surface area contributed by atoms with Crippen LogP contribution >= 0.6 is 0 Å². The van der Waals surface area contributed by atoms with Crippen LogP contribution in [0.4, 0.5) is 5.69 Å². The van der Waals surface area contributed by atoms with Gasteiger partial charge in [0.15, 0.2) is 0 Å². The molecule has 2 aromatic carbocycles. The van der Waals surface area contributed by atoms with Crippen LogP contribution in [0.1, 0.15) is 19.4 Å². The van der Waals surface area contributed by atoms with E-state index in [1.165, 1.54) is 0 Å². The molecule has 0 aliphatic carbocycles. The number of fused-ring (bicyclic) bond motifs is 1. The maximum atomic E-state index is 13.5. The largest absolute Gasteiger partial charge is 0.372 e. The van der Waals surface area contributed by atoms with Crippen molar-refractivity contribution >= 4 is 16.5 Å². The standard InChI is InChI=1S/C27H27N3O2/c1-18-15-30(23-11-9-22(10-12-23)29-16-19(2)32-20(3)17-29)27(31)25-8-4-7-24(26(18)25)21-6-5-13-28-14-21/h4-15,19-20H,16-17H2,1-3H3/t19-,20+. The van der Waals surface area contributed by atoms with Crippen molar-refractivity contribution in [2.75, 3.05) is 18.0 Å². The van der Waals surface area contributed by atoms with Gasteiger partial charge in [-0.05, 0) is 73.7 Å². The molecule has 1 fully saturated rings. The van der Waals surface area contributed by atoms with Gasteiger partial charge in [-0.15, -0.1) is 0 Å². The van der Waals surface area contributed by atoms with Crippen LogP contribution in [0, 0.1) is 6.92 Å². The predicted molar refractivity (Wildman–Crippen MR) is 130 cm³/mol. The lowest BCUT2D eigenvalue weighted by Crippen LogP contribution is -2.45. The van der Waals surface area contributed by atoms with Gasteiger partial charge >= 0.3 is 0 Å². The number of anilines is 1. The van der Waals surface area contributed by atoms with E-state index in [-0.39, 0.29) is 17.8 Å². The van der Waals surface area contributed by atoms with E-state index in [1.54, 1.807) is 10.8 Å². The molecule has 3 heterocycles. The maximum absolute atomic E-state index is 13.5. The minimum Gasteiger partial charge on any atom is -0.372 e. The number of benzene rings is 2. The molecule has 0 amide bonds. The Kier molecular flexibility index (Phi) is 5.27. The molecule has 5 nitrogen and oxygen atoms in total. The van der Waals surface area contributed by atoms with Crippen LogP contribution in [-0.2, 0) is 4.74 Å². The van der Waals surface area contributed by atoms with E-state index in [1.807, 2.05) is 48.8 Å². The Labute approximate surface area is 187 Å². The van der Waals surface area contributed by atoms with Crippen molar-refractivity contribution in [2.24, 2.45) is 0 Å². The monoisotopic (exact) mass is 425 g/mol. The van der Waals surface area contributed by atoms with Crippen molar-refractivity contribution < 1.29 is 4.74 Å². The summed E-state index contributed by atoms with van der Waals surface area (Å²) in [5, 5.41) is 1.70.